The van der Waals surface area contributed by atoms with Crippen LogP contribution in [0.15, 0.2) is 36.7 Å². The first kappa shape index (κ1) is 13.0. The molecular weight excluding hydrogens is 269 g/mol. The Morgan fingerprint density at radius 3 is 2.89 bits per heavy atom. The fourth-order valence-electron chi connectivity index (χ4n) is 1.44. The Labute approximate surface area is 113 Å². The molecule has 0 saturated heterocycles. The minimum atomic E-state index is -0.729. The minimum Gasteiger partial charge on any atom is -0.320 e. The third-order valence-corrected chi connectivity index (χ3v) is 2.69. The highest BCUT2D eigenvalue weighted by Crippen LogP contribution is 2.23. The van der Waals surface area contributed by atoms with Crippen molar-refractivity contribution in [3.63, 3.8) is 0 Å². The predicted octanol–water partition coefficient (Wildman–Crippen LogP) is 3.00. The standard InChI is InChI=1S/C13H7ClFN3O/c14-10-2-1-8(6-16)5-12(10)18-13(19)9-3-4-17-7-11(9)15/h1-5,7H,(H,18,19). The van der Waals surface area contributed by atoms with Gasteiger partial charge >= 0.3 is 0 Å². The van der Waals surface area contributed by atoms with Crippen molar-refractivity contribution in [2.45, 2.75) is 0 Å². The zero-order valence-electron chi connectivity index (χ0n) is 9.52. The Kier molecular flexibility index (Phi) is 3.74. The van der Waals surface area contributed by atoms with E-state index < -0.39 is 11.7 Å². The Balaban J connectivity index is 2.30. The summed E-state index contributed by atoms with van der Waals surface area (Å²) in [5.41, 5.74) is 0.449. The molecular formula is C13H7ClFN3O. The van der Waals surface area contributed by atoms with Gasteiger partial charge in [0.2, 0.25) is 0 Å². The summed E-state index contributed by atoms with van der Waals surface area (Å²) in [5, 5.41) is 11.5. The van der Waals surface area contributed by atoms with Crippen LogP contribution in [0.3, 0.4) is 0 Å². The number of rotatable bonds is 2. The first-order valence-corrected chi connectivity index (χ1v) is 5.60. The normalized spacial score (nSPS) is 9.74. The van der Waals surface area contributed by atoms with Crippen LogP contribution in [0.4, 0.5) is 10.1 Å². The monoisotopic (exact) mass is 275 g/mol. The van der Waals surface area contributed by atoms with Gasteiger partial charge in [-0.15, -0.1) is 0 Å². The van der Waals surface area contributed by atoms with Gasteiger partial charge in [-0.05, 0) is 24.3 Å². The van der Waals surface area contributed by atoms with E-state index in [2.05, 4.69) is 10.3 Å². The first-order valence-electron chi connectivity index (χ1n) is 5.22. The number of carbonyl (C=O) groups is 1. The van der Waals surface area contributed by atoms with Crippen molar-refractivity contribution < 1.29 is 9.18 Å². The van der Waals surface area contributed by atoms with Crippen molar-refractivity contribution in [2.24, 2.45) is 0 Å². The zero-order chi connectivity index (χ0) is 13.8. The highest BCUT2D eigenvalue weighted by molar-refractivity contribution is 6.34. The van der Waals surface area contributed by atoms with Crippen LogP contribution in [0.25, 0.3) is 0 Å². The van der Waals surface area contributed by atoms with E-state index in [9.17, 15) is 9.18 Å². The number of nitrogens with zero attached hydrogens (tertiary/aromatic N) is 2. The fourth-order valence-corrected chi connectivity index (χ4v) is 1.60. The number of carbonyl (C=O) groups excluding carboxylic acids is 1. The van der Waals surface area contributed by atoms with E-state index in [1.807, 2.05) is 6.07 Å². The molecule has 1 aromatic heterocycles. The van der Waals surface area contributed by atoms with Crippen LogP contribution in [-0.4, -0.2) is 10.9 Å². The number of pyridine rings is 1. The van der Waals surface area contributed by atoms with Crippen LogP contribution in [-0.2, 0) is 0 Å². The number of nitriles is 1. The maximum Gasteiger partial charge on any atom is 0.258 e. The average molecular weight is 276 g/mol. The molecule has 2 aromatic rings. The van der Waals surface area contributed by atoms with Crippen molar-refractivity contribution >= 4 is 23.2 Å². The topological polar surface area (TPSA) is 65.8 Å². The number of nitrogens with one attached hydrogen (secondary N) is 1. The first-order chi connectivity index (χ1) is 9.11. The number of aromatic nitrogens is 1. The van der Waals surface area contributed by atoms with E-state index in [-0.39, 0.29) is 16.3 Å². The van der Waals surface area contributed by atoms with Gasteiger partial charge in [-0.3, -0.25) is 9.78 Å². The summed E-state index contributed by atoms with van der Waals surface area (Å²) in [4.78, 5) is 15.4. The van der Waals surface area contributed by atoms with Gasteiger partial charge in [0, 0.05) is 6.20 Å². The van der Waals surface area contributed by atoms with Crippen LogP contribution in [0.2, 0.25) is 5.02 Å². The molecule has 0 fully saturated rings. The molecule has 19 heavy (non-hydrogen) atoms. The van der Waals surface area contributed by atoms with Crippen LogP contribution in [0.5, 0.6) is 0 Å². The van der Waals surface area contributed by atoms with Gasteiger partial charge in [0.05, 0.1) is 34.1 Å². The van der Waals surface area contributed by atoms with Gasteiger partial charge in [-0.1, -0.05) is 11.6 Å². The second kappa shape index (κ2) is 5.46. The molecule has 0 radical (unpaired) electrons. The molecule has 1 aromatic carbocycles. The summed E-state index contributed by atoms with van der Waals surface area (Å²) in [6.07, 6.45) is 2.26. The average Bonchev–Trinajstić information content (AvgIpc) is 2.41. The van der Waals surface area contributed by atoms with Gasteiger partial charge in [0.25, 0.3) is 5.91 Å². The van der Waals surface area contributed by atoms with Gasteiger partial charge in [-0.25, -0.2) is 4.39 Å². The summed E-state index contributed by atoms with van der Waals surface area (Å²) >= 11 is 5.89. The third kappa shape index (κ3) is 2.87. The van der Waals surface area contributed by atoms with Gasteiger partial charge in [0.1, 0.15) is 0 Å². The lowest BCUT2D eigenvalue weighted by Gasteiger charge is -2.07. The Morgan fingerprint density at radius 2 is 2.21 bits per heavy atom. The van der Waals surface area contributed by atoms with Crippen molar-refractivity contribution in [3.8, 4) is 6.07 Å². The van der Waals surface area contributed by atoms with E-state index in [0.717, 1.165) is 6.20 Å². The molecule has 0 unspecified atom stereocenters. The quantitative estimate of drug-likeness (QED) is 0.916. The number of amides is 1. The number of benzene rings is 1. The molecule has 6 heteroatoms. The summed E-state index contributed by atoms with van der Waals surface area (Å²) < 4.78 is 13.4. The minimum absolute atomic E-state index is 0.145. The van der Waals surface area contributed by atoms with Crippen LogP contribution in [0, 0.1) is 17.1 Å². The number of hydrogen-bond donors (Lipinski definition) is 1. The molecule has 1 heterocycles. The maximum atomic E-state index is 13.4. The van der Waals surface area contributed by atoms with E-state index in [1.54, 1.807) is 0 Å². The summed E-state index contributed by atoms with van der Waals surface area (Å²) in [6, 6.07) is 7.60. The smallest absolute Gasteiger partial charge is 0.258 e. The molecule has 0 aliphatic rings. The van der Waals surface area contributed by atoms with Crippen molar-refractivity contribution in [1.29, 1.82) is 5.26 Å². The molecule has 1 amide bonds. The predicted molar refractivity (Wildman–Crippen MR) is 68.3 cm³/mol. The molecule has 0 aliphatic heterocycles. The molecule has 2 rings (SSSR count). The number of halogens is 2. The molecule has 0 spiro atoms. The number of hydrogen-bond acceptors (Lipinski definition) is 3. The van der Waals surface area contributed by atoms with Gasteiger partial charge in [-0.2, -0.15) is 5.26 Å². The Morgan fingerprint density at radius 1 is 1.42 bits per heavy atom. The fraction of sp³-hybridized carbons (Fsp3) is 0. The second-order valence-electron chi connectivity index (χ2n) is 3.62. The van der Waals surface area contributed by atoms with Crippen molar-refractivity contribution in [3.05, 3.63) is 58.6 Å². The molecule has 0 aliphatic carbocycles. The second-order valence-corrected chi connectivity index (χ2v) is 4.02. The van der Waals surface area contributed by atoms with Crippen LogP contribution >= 0.6 is 11.6 Å². The third-order valence-electron chi connectivity index (χ3n) is 2.36. The molecule has 1 N–H and O–H groups in total. The number of anilines is 1. The van der Waals surface area contributed by atoms with Gasteiger partial charge in [0.15, 0.2) is 5.82 Å². The summed E-state index contributed by atoms with van der Waals surface area (Å²) in [7, 11) is 0. The van der Waals surface area contributed by atoms with Crippen LogP contribution < -0.4 is 5.32 Å². The Hall–Kier alpha value is -2.45. The summed E-state index contributed by atoms with van der Waals surface area (Å²) in [5.74, 6) is -1.38. The highest BCUT2D eigenvalue weighted by atomic mass is 35.5. The lowest BCUT2D eigenvalue weighted by Crippen LogP contribution is -2.14. The van der Waals surface area contributed by atoms with E-state index in [4.69, 9.17) is 16.9 Å². The molecule has 0 saturated carbocycles. The van der Waals surface area contributed by atoms with E-state index >= 15 is 0 Å². The molecule has 0 atom stereocenters. The highest BCUT2D eigenvalue weighted by Gasteiger charge is 2.13. The lowest BCUT2D eigenvalue weighted by molar-refractivity contribution is 0.102. The van der Waals surface area contributed by atoms with E-state index in [0.29, 0.717) is 5.56 Å². The molecule has 4 nitrogen and oxygen atoms in total. The molecule has 94 valence electrons. The largest absolute Gasteiger partial charge is 0.320 e. The van der Waals surface area contributed by atoms with Crippen molar-refractivity contribution in [2.75, 3.05) is 5.32 Å². The lowest BCUT2D eigenvalue weighted by atomic mass is 10.2. The van der Waals surface area contributed by atoms with E-state index in [1.165, 1.54) is 30.5 Å². The molecule has 0 bridgehead atoms. The maximum absolute atomic E-state index is 13.4. The SMILES string of the molecule is N#Cc1ccc(Cl)c(NC(=O)c2ccncc2F)c1. The van der Waals surface area contributed by atoms with Crippen LogP contribution in [0.1, 0.15) is 15.9 Å². The Bertz CT molecular complexity index is 682. The van der Waals surface area contributed by atoms with Crippen molar-refractivity contribution in [1.82, 2.24) is 4.98 Å². The van der Waals surface area contributed by atoms with Gasteiger partial charge < -0.3 is 5.32 Å². The zero-order valence-corrected chi connectivity index (χ0v) is 10.3. The summed E-state index contributed by atoms with van der Waals surface area (Å²) in [6.45, 7) is 0.